The topological polar surface area (TPSA) is 40.5 Å². The Balaban J connectivity index is 2.00. The Hall–Kier alpha value is -1.49. The lowest BCUT2D eigenvalue weighted by Crippen LogP contribution is -2.43. The summed E-state index contributed by atoms with van der Waals surface area (Å²) in [6.07, 6.45) is 4.13. The van der Waals surface area contributed by atoms with Gasteiger partial charge in [-0.25, -0.2) is 0 Å². The summed E-state index contributed by atoms with van der Waals surface area (Å²) in [5.74, 6) is 0. The molecule has 1 aliphatic heterocycles. The maximum Gasteiger partial charge on any atom is 0.190 e. The molecule has 2 atom stereocenters. The van der Waals surface area contributed by atoms with E-state index in [9.17, 15) is 0 Å². The highest BCUT2D eigenvalue weighted by Gasteiger charge is 2.28. The average Bonchev–Trinajstić information content (AvgIpc) is 2.76. The lowest BCUT2D eigenvalue weighted by Gasteiger charge is -2.28. The summed E-state index contributed by atoms with van der Waals surface area (Å²) in [5.41, 5.74) is 4.69. The van der Waals surface area contributed by atoms with Gasteiger partial charge in [0.1, 0.15) is 0 Å². The first-order valence-corrected chi connectivity index (χ1v) is 7.04. The molecule has 0 bridgehead atoms. The van der Waals surface area contributed by atoms with Crippen molar-refractivity contribution in [3.8, 4) is 0 Å². The van der Waals surface area contributed by atoms with E-state index >= 15 is 0 Å². The largest absolute Gasteiger partial charge is 0.342 e. The van der Waals surface area contributed by atoms with E-state index in [1.54, 1.807) is 6.20 Å². The number of hydrazone groups is 1. The van der Waals surface area contributed by atoms with Gasteiger partial charge in [-0.3, -0.25) is 10.4 Å². The van der Waals surface area contributed by atoms with E-state index in [0.717, 1.165) is 11.4 Å². The molecule has 19 heavy (non-hydrogen) atoms. The fourth-order valence-electron chi connectivity index (χ4n) is 2.42. The normalized spacial score (nSPS) is 23.5. The van der Waals surface area contributed by atoms with Gasteiger partial charge in [-0.05, 0) is 58.0 Å². The highest BCUT2D eigenvalue weighted by Crippen LogP contribution is 2.23. The minimum absolute atomic E-state index is 0.486. The van der Waals surface area contributed by atoms with Crippen LogP contribution in [0.4, 0.5) is 0 Å². The molecule has 2 rings (SSSR count). The molecule has 5 heteroatoms. The number of nitrogens with zero attached hydrogens (tertiary/aromatic N) is 3. The Morgan fingerprint density at radius 2 is 2.05 bits per heavy atom. The average molecular weight is 276 g/mol. The van der Waals surface area contributed by atoms with E-state index in [0.29, 0.717) is 17.2 Å². The molecule has 1 aromatic heterocycles. The zero-order valence-electron chi connectivity index (χ0n) is 11.6. The SMILES string of the molecule is C/C(=N/NC(=S)N1C(C)CCC1C)c1ccccn1. The standard InChI is InChI=1S/C14H20N4S/c1-10-7-8-11(2)18(10)14(19)17-16-12(3)13-6-4-5-9-15-13/h4-6,9-11H,7-8H2,1-3H3,(H,17,19)/b16-12-. The van der Waals surface area contributed by atoms with E-state index in [1.807, 2.05) is 25.1 Å². The van der Waals surface area contributed by atoms with Crippen molar-refractivity contribution in [2.75, 3.05) is 0 Å². The first kappa shape index (κ1) is 13.9. The van der Waals surface area contributed by atoms with Crippen LogP contribution in [-0.2, 0) is 0 Å². The first-order valence-electron chi connectivity index (χ1n) is 6.63. The smallest absolute Gasteiger partial charge is 0.190 e. The third-order valence-electron chi connectivity index (χ3n) is 3.54. The fraction of sp³-hybridized carbons (Fsp3) is 0.500. The van der Waals surface area contributed by atoms with Crippen LogP contribution in [-0.4, -0.2) is 32.8 Å². The monoisotopic (exact) mass is 276 g/mol. The third-order valence-corrected chi connectivity index (χ3v) is 3.84. The molecule has 1 fully saturated rings. The molecule has 102 valence electrons. The van der Waals surface area contributed by atoms with Crippen LogP contribution >= 0.6 is 12.2 Å². The highest BCUT2D eigenvalue weighted by atomic mass is 32.1. The van der Waals surface area contributed by atoms with E-state index < -0.39 is 0 Å². The predicted molar refractivity (Wildman–Crippen MR) is 82.2 cm³/mol. The highest BCUT2D eigenvalue weighted by molar-refractivity contribution is 7.80. The molecule has 4 nitrogen and oxygen atoms in total. The number of nitrogens with one attached hydrogen (secondary N) is 1. The van der Waals surface area contributed by atoms with Crippen molar-refractivity contribution < 1.29 is 0 Å². The molecule has 1 saturated heterocycles. The van der Waals surface area contributed by atoms with E-state index in [4.69, 9.17) is 12.2 Å². The second-order valence-electron chi connectivity index (χ2n) is 5.01. The molecule has 2 heterocycles. The van der Waals surface area contributed by atoms with Crippen molar-refractivity contribution in [1.82, 2.24) is 15.3 Å². The van der Waals surface area contributed by atoms with Crippen molar-refractivity contribution in [1.29, 1.82) is 0 Å². The molecular formula is C14H20N4S. The molecule has 2 unspecified atom stereocenters. The van der Waals surface area contributed by atoms with Gasteiger partial charge in [0.05, 0.1) is 11.4 Å². The number of hydrogen-bond donors (Lipinski definition) is 1. The van der Waals surface area contributed by atoms with Gasteiger partial charge < -0.3 is 4.90 Å². The number of aromatic nitrogens is 1. The van der Waals surface area contributed by atoms with Crippen LogP contribution in [0, 0.1) is 0 Å². The van der Waals surface area contributed by atoms with Gasteiger partial charge in [0, 0.05) is 18.3 Å². The summed E-state index contributed by atoms with van der Waals surface area (Å²) in [4.78, 5) is 6.48. The molecule has 1 N–H and O–H groups in total. The second-order valence-corrected chi connectivity index (χ2v) is 5.40. The lowest BCUT2D eigenvalue weighted by molar-refractivity contribution is 0.340. The van der Waals surface area contributed by atoms with Gasteiger partial charge in [-0.1, -0.05) is 6.07 Å². The number of thiocarbonyl (C=S) groups is 1. The summed E-state index contributed by atoms with van der Waals surface area (Å²) in [5, 5.41) is 5.03. The number of hydrogen-bond acceptors (Lipinski definition) is 3. The van der Waals surface area contributed by atoms with E-state index in [2.05, 4.69) is 34.3 Å². The minimum Gasteiger partial charge on any atom is -0.342 e. The molecule has 0 aromatic carbocycles. The number of likely N-dealkylation sites (tertiary alicyclic amines) is 1. The van der Waals surface area contributed by atoms with Gasteiger partial charge in [-0.2, -0.15) is 5.10 Å². The molecule has 0 spiro atoms. The zero-order valence-corrected chi connectivity index (χ0v) is 12.4. The Morgan fingerprint density at radius 3 is 2.63 bits per heavy atom. The Morgan fingerprint density at radius 1 is 1.37 bits per heavy atom. The molecule has 0 amide bonds. The van der Waals surface area contributed by atoms with Crippen molar-refractivity contribution in [3.05, 3.63) is 30.1 Å². The van der Waals surface area contributed by atoms with Crippen LogP contribution in [0.2, 0.25) is 0 Å². The third kappa shape index (κ3) is 3.29. The fourth-order valence-corrected chi connectivity index (χ4v) is 2.82. The van der Waals surface area contributed by atoms with Crippen molar-refractivity contribution in [2.45, 2.75) is 45.7 Å². The van der Waals surface area contributed by atoms with Crippen molar-refractivity contribution >= 4 is 23.0 Å². The molecular weight excluding hydrogens is 256 g/mol. The Labute approximate surface area is 119 Å². The maximum atomic E-state index is 5.42. The summed E-state index contributed by atoms with van der Waals surface area (Å²) < 4.78 is 0. The van der Waals surface area contributed by atoms with Crippen LogP contribution in [0.1, 0.15) is 39.3 Å². The molecule has 1 aromatic rings. The number of pyridine rings is 1. The van der Waals surface area contributed by atoms with Gasteiger partial charge in [-0.15, -0.1) is 0 Å². The van der Waals surface area contributed by atoms with E-state index in [1.165, 1.54) is 12.8 Å². The summed E-state index contributed by atoms with van der Waals surface area (Å²) >= 11 is 5.42. The predicted octanol–water partition coefficient (Wildman–Crippen LogP) is 2.55. The second kappa shape index (κ2) is 6.10. The molecule has 0 radical (unpaired) electrons. The van der Waals surface area contributed by atoms with Gasteiger partial charge in [0.2, 0.25) is 0 Å². The van der Waals surface area contributed by atoms with Gasteiger partial charge >= 0.3 is 0 Å². The molecule has 1 aliphatic rings. The van der Waals surface area contributed by atoms with Crippen LogP contribution in [0.3, 0.4) is 0 Å². The van der Waals surface area contributed by atoms with Crippen molar-refractivity contribution in [2.24, 2.45) is 5.10 Å². The van der Waals surface area contributed by atoms with Gasteiger partial charge in [0.25, 0.3) is 0 Å². The Kier molecular flexibility index (Phi) is 4.47. The maximum absolute atomic E-state index is 5.42. The van der Waals surface area contributed by atoms with Crippen LogP contribution in [0.25, 0.3) is 0 Å². The van der Waals surface area contributed by atoms with Crippen LogP contribution < -0.4 is 5.43 Å². The quantitative estimate of drug-likeness (QED) is 0.512. The zero-order chi connectivity index (χ0) is 13.8. The molecule has 0 aliphatic carbocycles. The Bertz CT molecular complexity index is 462. The lowest BCUT2D eigenvalue weighted by atomic mass is 10.2. The summed E-state index contributed by atoms with van der Waals surface area (Å²) in [6, 6.07) is 6.75. The van der Waals surface area contributed by atoms with Crippen LogP contribution in [0.15, 0.2) is 29.5 Å². The summed E-state index contributed by atoms with van der Waals surface area (Å²) in [6.45, 7) is 6.33. The van der Waals surface area contributed by atoms with Crippen LogP contribution in [0.5, 0.6) is 0 Å². The summed E-state index contributed by atoms with van der Waals surface area (Å²) in [7, 11) is 0. The first-order chi connectivity index (χ1) is 9.09. The number of rotatable bonds is 2. The van der Waals surface area contributed by atoms with Gasteiger partial charge in [0.15, 0.2) is 5.11 Å². The van der Waals surface area contributed by atoms with E-state index in [-0.39, 0.29) is 0 Å². The molecule has 0 saturated carbocycles. The van der Waals surface area contributed by atoms with Crippen molar-refractivity contribution in [3.63, 3.8) is 0 Å². The minimum atomic E-state index is 0.486.